The summed E-state index contributed by atoms with van der Waals surface area (Å²) < 4.78 is 0. The first-order valence-corrected chi connectivity index (χ1v) is 6.48. The number of amides is 2. The fourth-order valence-corrected chi connectivity index (χ4v) is 1.46. The number of aromatic nitrogens is 1. The van der Waals surface area contributed by atoms with Crippen molar-refractivity contribution in [1.29, 1.82) is 0 Å². The van der Waals surface area contributed by atoms with Gasteiger partial charge in [0.2, 0.25) is 0 Å². The summed E-state index contributed by atoms with van der Waals surface area (Å²) in [6, 6.07) is 2.89. The molecule has 110 valence electrons. The minimum atomic E-state index is -1.06. The molecule has 0 fully saturated rings. The van der Waals surface area contributed by atoms with E-state index in [1.54, 1.807) is 18.0 Å². The Balaban J connectivity index is 2.59. The molecule has 2 N–H and O–H groups in total. The van der Waals surface area contributed by atoms with E-state index in [2.05, 4.69) is 10.3 Å². The van der Waals surface area contributed by atoms with E-state index in [0.29, 0.717) is 6.54 Å². The molecule has 1 aromatic rings. The highest BCUT2D eigenvalue weighted by atomic mass is 16.4. The number of hydrogen-bond donors (Lipinski definition) is 2. The standard InChI is InChI=1S/C14H21N3O3/c1-5-14(2,3)17(4)13(20)16-9-10-6-7-11(12(18)19)15-8-10/h6-8H,5,9H2,1-4H3,(H,16,20)(H,18,19). The van der Waals surface area contributed by atoms with Gasteiger partial charge in [0.25, 0.3) is 0 Å². The van der Waals surface area contributed by atoms with Crippen molar-refractivity contribution >= 4 is 12.0 Å². The van der Waals surface area contributed by atoms with Crippen LogP contribution >= 0.6 is 0 Å². The Morgan fingerprint density at radius 2 is 2.05 bits per heavy atom. The van der Waals surface area contributed by atoms with Gasteiger partial charge in [-0.2, -0.15) is 0 Å². The monoisotopic (exact) mass is 279 g/mol. The molecule has 1 rings (SSSR count). The molecule has 2 amide bonds. The highest BCUT2D eigenvalue weighted by Crippen LogP contribution is 2.16. The third-order valence-electron chi connectivity index (χ3n) is 3.57. The molecule has 0 unspecified atom stereocenters. The van der Waals surface area contributed by atoms with Gasteiger partial charge in [-0.25, -0.2) is 14.6 Å². The Kier molecular flexibility index (Phi) is 5.07. The second-order valence-corrected chi connectivity index (χ2v) is 5.24. The minimum absolute atomic E-state index is 0.00990. The first-order chi connectivity index (χ1) is 9.27. The summed E-state index contributed by atoms with van der Waals surface area (Å²) in [5.41, 5.74) is 0.533. The van der Waals surface area contributed by atoms with Gasteiger partial charge in [0.05, 0.1) is 0 Å². The lowest BCUT2D eigenvalue weighted by Crippen LogP contribution is -2.49. The van der Waals surface area contributed by atoms with E-state index in [0.717, 1.165) is 12.0 Å². The molecule has 0 bridgehead atoms. The molecule has 0 aliphatic carbocycles. The van der Waals surface area contributed by atoms with Crippen molar-refractivity contribution in [1.82, 2.24) is 15.2 Å². The predicted molar refractivity (Wildman–Crippen MR) is 75.6 cm³/mol. The van der Waals surface area contributed by atoms with Crippen LogP contribution in [0.25, 0.3) is 0 Å². The Morgan fingerprint density at radius 3 is 2.50 bits per heavy atom. The smallest absolute Gasteiger partial charge is 0.354 e. The number of carboxylic acid groups (broad SMARTS) is 1. The van der Waals surface area contributed by atoms with Crippen molar-refractivity contribution in [2.24, 2.45) is 0 Å². The van der Waals surface area contributed by atoms with Crippen LogP contribution in [0, 0.1) is 0 Å². The maximum atomic E-state index is 12.0. The van der Waals surface area contributed by atoms with Crippen molar-refractivity contribution in [3.05, 3.63) is 29.6 Å². The van der Waals surface area contributed by atoms with Crippen molar-refractivity contribution in [2.75, 3.05) is 7.05 Å². The Hall–Kier alpha value is -2.11. The summed E-state index contributed by atoms with van der Waals surface area (Å²) in [4.78, 5) is 28.1. The van der Waals surface area contributed by atoms with Gasteiger partial charge in [0.15, 0.2) is 0 Å². The molecular formula is C14H21N3O3. The Morgan fingerprint density at radius 1 is 1.40 bits per heavy atom. The number of carbonyl (C=O) groups excluding carboxylic acids is 1. The summed E-state index contributed by atoms with van der Waals surface area (Å²) in [5.74, 6) is -1.06. The van der Waals surface area contributed by atoms with Crippen LogP contribution in [0.2, 0.25) is 0 Å². The Bertz CT molecular complexity index is 483. The van der Waals surface area contributed by atoms with Gasteiger partial charge in [-0.1, -0.05) is 13.0 Å². The molecule has 0 saturated carbocycles. The topological polar surface area (TPSA) is 82.5 Å². The molecule has 0 radical (unpaired) electrons. The number of urea groups is 1. The first-order valence-electron chi connectivity index (χ1n) is 6.48. The van der Waals surface area contributed by atoms with Crippen molar-refractivity contribution < 1.29 is 14.7 Å². The van der Waals surface area contributed by atoms with E-state index in [1.807, 2.05) is 20.8 Å². The number of aromatic carboxylic acids is 1. The van der Waals surface area contributed by atoms with Gasteiger partial charge in [-0.15, -0.1) is 0 Å². The van der Waals surface area contributed by atoms with Gasteiger partial charge in [-0.3, -0.25) is 0 Å². The molecule has 1 aromatic heterocycles. The van der Waals surface area contributed by atoms with E-state index in [4.69, 9.17) is 5.11 Å². The number of carboxylic acids is 1. The predicted octanol–water partition coefficient (Wildman–Crippen LogP) is 2.11. The number of rotatable bonds is 5. The molecule has 1 heterocycles. The van der Waals surface area contributed by atoms with E-state index < -0.39 is 5.97 Å². The van der Waals surface area contributed by atoms with Crippen molar-refractivity contribution in [2.45, 2.75) is 39.3 Å². The summed E-state index contributed by atoms with van der Waals surface area (Å²) in [6.07, 6.45) is 2.31. The average molecular weight is 279 g/mol. The highest BCUT2D eigenvalue weighted by molar-refractivity contribution is 5.85. The number of nitrogens with zero attached hydrogens (tertiary/aromatic N) is 2. The molecule has 0 saturated heterocycles. The van der Waals surface area contributed by atoms with Crippen LogP contribution in [-0.2, 0) is 6.54 Å². The van der Waals surface area contributed by atoms with Gasteiger partial charge in [0, 0.05) is 25.3 Å². The summed E-state index contributed by atoms with van der Waals surface area (Å²) in [5, 5.41) is 11.5. The second kappa shape index (κ2) is 6.36. The Labute approximate surface area is 118 Å². The summed E-state index contributed by atoms with van der Waals surface area (Å²) >= 11 is 0. The molecule has 0 aliphatic heterocycles. The zero-order chi connectivity index (χ0) is 15.3. The van der Waals surface area contributed by atoms with Crippen molar-refractivity contribution in [3.63, 3.8) is 0 Å². The van der Waals surface area contributed by atoms with E-state index in [9.17, 15) is 9.59 Å². The van der Waals surface area contributed by atoms with Gasteiger partial charge in [-0.05, 0) is 31.9 Å². The van der Waals surface area contributed by atoms with Crippen LogP contribution in [0.15, 0.2) is 18.3 Å². The van der Waals surface area contributed by atoms with Crippen molar-refractivity contribution in [3.8, 4) is 0 Å². The molecule has 0 aliphatic rings. The highest BCUT2D eigenvalue weighted by Gasteiger charge is 2.25. The summed E-state index contributed by atoms with van der Waals surface area (Å²) in [6.45, 7) is 6.33. The molecule has 0 atom stereocenters. The average Bonchev–Trinajstić information content (AvgIpc) is 2.44. The fourth-order valence-electron chi connectivity index (χ4n) is 1.46. The zero-order valence-corrected chi connectivity index (χ0v) is 12.3. The van der Waals surface area contributed by atoms with Crippen LogP contribution in [0.5, 0.6) is 0 Å². The number of nitrogens with one attached hydrogen (secondary N) is 1. The van der Waals surface area contributed by atoms with Crippen LogP contribution in [0.4, 0.5) is 4.79 Å². The molecule has 20 heavy (non-hydrogen) atoms. The molecule has 0 aromatic carbocycles. The van der Waals surface area contributed by atoms with Crippen LogP contribution in [0.1, 0.15) is 43.2 Å². The normalized spacial score (nSPS) is 11.0. The summed E-state index contributed by atoms with van der Waals surface area (Å²) in [7, 11) is 1.75. The largest absolute Gasteiger partial charge is 0.477 e. The minimum Gasteiger partial charge on any atom is -0.477 e. The molecule has 6 nitrogen and oxygen atoms in total. The second-order valence-electron chi connectivity index (χ2n) is 5.24. The van der Waals surface area contributed by atoms with Gasteiger partial charge >= 0.3 is 12.0 Å². The lowest BCUT2D eigenvalue weighted by Gasteiger charge is -2.34. The van der Waals surface area contributed by atoms with E-state index in [1.165, 1.54) is 12.3 Å². The zero-order valence-electron chi connectivity index (χ0n) is 12.3. The number of pyridine rings is 1. The van der Waals surface area contributed by atoms with E-state index >= 15 is 0 Å². The molecular weight excluding hydrogens is 258 g/mol. The first kappa shape index (κ1) is 15.9. The quantitative estimate of drug-likeness (QED) is 0.864. The van der Waals surface area contributed by atoms with Crippen LogP contribution < -0.4 is 5.32 Å². The van der Waals surface area contributed by atoms with Crippen LogP contribution in [0.3, 0.4) is 0 Å². The number of hydrogen-bond acceptors (Lipinski definition) is 3. The molecule has 6 heteroatoms. The third kappa shape index (κ3) is 3.94. The van der Waals surface area contributed by atoms with Gasteiger partial charge in [0.1, 0.15) is 5.69 Å². The maximum Gasteiger partial charge on any atom is 0.354 e. The fraction of sp³-hybridized carbons (Fsp3) is 0.500. The van der Waals surface area contributed by atoms with E-state index in [-0.39, 0.29) is 17.3 Å². The lowest BCUT2D eigenvalue weighted by atomic mass is 10.0. The lowest BCUT2D eigenvalue weighted by molar-refractivity contribution is 0.0690. The SMILES string of the molecule is CCC(C)(C)N(C)C(=O)NCc1ccc(C(=O)O)nc1. The third-order valence-corrected chi connectivity index (χ3v) is 3.57. The van der Waals surface area contributed by atoms with Crippen LogP contribution in [-0.4, -0.2) is 39.6 Å². The number of carbonyl (C=O) groups is 2. The molecule has 0 spiro atoms. The van der Waals surface area contributed by atoms with Gasteiger partial charge < -0.3 is 15.3 Å². The maximum absolute atomic E-state index is 12.0.